The van der Waals surface area contributed by atoms with Crippen molar-refractivity contribution in [1.82, 2.24) is 24.6 Å². The summed E-state index contributed by atoms with van der Waals surface area (Å²) in [6, 6.07) is 15.3. The molecule has 10 nitrogen and oxygen atoms in total. The maximum absolute atomic E-state index is 14.2. The second-order valence-corrected chi connectivity index (χ2v) is 14.2. The SMILES string of the molecule is Cc1cccc(C)c1-c1cc(OC2CCN(C(=O)C3(c4ccc(Cl)cc4)CCCCC3)C2)nc(NS(=O)(=O)c2cnn(C)c2)n1. The number of likely N-dealkylation sites (tertiary alicyclic amines) is 1. The van der Waals surface area contributed by atoms with Crippen LogP contribution in [0.1, 0.15) is 55.2 Å². The molecule has 2 aliphatic rings. The minimum absolute atomic E-state index is 0.00387. The van der Waals surface area contributed by atoms with Gasteiger partial charge >= 0.3 is 0 Å². The van der Waals surface area contributed by atoms with Crippen LogP contribution in [0.2, 0.25) is 5.02 Å². The number of aromatic nitrogens is 4. The number of halogens is 1. The van der Waals surface area contributed by atoms with Gasteiger partial charge in [0.15, 0.2) is 0 Å². The van der Waals surface area contributed by atoms with Crippen molar-refractivity contribution < 1.29 is 17.9 Å². The summed E-state index contributed by atoms with van der Waals surface area (Å²) < 4.78 is 36.6. The highest BCUT2D eigenvalue weighted by molar-refractivity contribution is 7.92. The Balaban J connectivity index is 1.27. The molecule has 3 heterocycles. The third-order valence-corrected chi connectivity index (χ3v) is 10.4. The summed E-state index contributed by atoms with van der Waals surface area (Å²) in [7, 11) is -2.36. The number of ether oxygens (including phenoxy) is 1. The Morgan fingerprint density at radius 3 is 2.42 bits per heavy atom. The van der Waals surface area contributed by atoms with Crippen LogP contribution in [0.15, 0.2) is 65.8 Å². The van der Waals surface area contributed by atoms with Crippen molar-refractivity contribution in [2.75, 3.05) is 17.8 Å². The van der Waals surface area contributed by atoms with Gasteiger partial charge in [-0.05, 0) is 55.5 Å². The monoisotopic (exact) mass is 648 g/mol. The number of benzene rings is 2. The second kappa shape index (κ2) is 12.4. The van der Waals surface area contributed by atoms with E-state index in [-0.39, 0.29) is 28.7 Å². The summed E-state index contributed by atoms with van der Waals surface area (Å²) in [6.07, 6.45) is 7.72. The molecule has 1 aliphatic heterocycles. The van der Waals surface area contributed by atoms with Crippen LogP contribution in [0.4, 0.5) is 5.95 Å². The van der Waals surface area contributed by atoms with Gasteiger partial charge in [-0.1, -0.05) is 61.2 Å². The molecule has 2 aromatic carbocycles. The molecule has 2 fully saturated rings. The van der Waals surface area contributed by atoms with Crippen LogP contribution in [-0.2, 0) is 27.3 Å². The molecule has 0 radical (unpaired) electrons. The third kappa shape index (κ3) is 6.41. The van der Waals surface area contributed by atoms with Gasteiger partial charge < -0.3 is 9.64 Å². The number of amides is 1. The highest BCUT2D eigenvalue weighted by Crippen LogP contribution is 2.42. The number of hydrogen-bond donors (Lipinski definition) is 1. The number of aryl methyl sites for hydroxylation is 3. The van der Waals surface area contributed by atoms with E-state index in [1.807, 2.05) is 61.2 Å². The minimum Gasteiger partial charge on any atom is -0.472 e. The number of nitrogens with zero attached hydrogens (tertiary/aromatic N) is 5. The highest BCUT2D eigenvalue weighted by Gasteiger charge is 2.45. The zero-order valence-corrected chi connectivity index (χ0v) is 27.2. The molecule has 6 rings (SSSR count). The fraction of sp³-hybridized carbons (Fsp3) is 0.394. The first kappa shape index (κ1) is 31.0. The van der Waals surface area contributed by atoms with E-state index in [9.17, 15) is 13.2 Å². The molecule has 0 spiro atoms. The predicted molar refractivity (Wildman–Crippen MR) is 173 cm³/mol. The van der Waals surface area contributed by atoms with Crippen LogP contribution in [0.5, 0.6) is 5.88 Å². The van der Waals surface area contributed by atoms with Crippen LogP contribution >= 0.6 is 11.6 Å². The molecule has 1 atom stereocenters. The van der Waals surface area contributed by atoms with E-state index in [1.165, 1.54) is 17.1 Å². The van der Waals surface area contributed by atoms with Crippen molar-refractivity contribution in [3.05, 3.63) is 82.6 Å². The van der Waals surface area contributed by atoms with Crippen LogP contribution in [-0.4, -0.2) is 58.2 Å². The van der Waals surface area contributed by atoms with E-state index in [0.717, 1.165) is 54.4 Å². The Morgan fingerprint density at radius 2 is 1.76 bits per heavy atom. The van der Waals surface area contributed by atoms with Crippen LogP contribution < -0.4 is 9.46 Å². The highest BCUT2D eigenvalue weighted by atomic mass is 35.5. The standard InChI is InChI=1S/C33H37ClN6O4S/c1-22-8-7-9-23(2)30(22)28-18-29(37-32(36-28)38-45(42,43)27-19-35-39(3)21-27)44-26-14-17-40(20-26)31(41)33(15-5-4-6-16-33)24-10-12-25(34)13-11-24/h7-13,18-19,21,26H,4-6,14-17,20H2,1-3H3,(H,36,37,38). The maximum atomic E-state index is 14.2. The number of rotatable bonds is 8. The first-order valence-electron chi connectivity index (χ1n) is 15.2. The zero-order chi connectivity index (χ0) is 31.8. The molecular weight excluding hydrogens is 612 g/mol. The zero-order valence-electron chi connectivity index (χ0n) is 25.7. The Morgan fingerprint density at radius 1 is 1.04 bits per heavy atom. The predicted octanol–water partition coefficient (Wildman–Crippen LogP) is 5.83. The lowest BCUT2D eigenvalue weighted by Gasteiger charge is -2.39. The lowest BCUT2D eigenvalue weighted by Crippen LogP contribution is -2.47. The normalized spacial score (nSPS) is 18.1. The van der Waals surface area contributed by atoms with Crippen molar-refractivity contribution in [2.24, 2.45) is 7.05 Å². The van der Waals surface area contributed by atoms with E-state index in [0.29, 0.717) is 30.2 Å². The van der Waals surface area contributed by atoms with Gasteiger partial charge in [-0.15, -0.1) is 0 Å². The summed E-state index contributed by atoms with van der Waals surface area (Å²) in [4.78, 5) is 25.1. The molecule has 1 unspecified atom stereocenters. The van der Waals surface area contributed by atoms with Gasteiger partial charge in [-0.25, -0.2) is 18.1 Å². The Kier molecular flexibility index (Phi) is 8.58. The van der Waals surface area contributed by atoms with Gasteiger partial charge in [-0.3, -0.25) is 9.48 Å². The van der Waals surface area contributed by atoms with Crippen molar-refractivity contribution in [3.8, 4) is 17.1 Å². The van der Waals surface area contributed by atoms with Crippen LogP contribution in [0.25, 0.3) is 11.3 Å². The van der Waals surface area contributed by atoms with Crippen molar-refractivity contribution >= 4 is 33.5 Å². The van der Waals surface area contributed by atoms with E-state index in [2.05, 4.69) is 19.8 Å². The van der Waals surface area contributed by atoms with E-state index >= 15 is 0 Å². The Hall–Kier alpha value is -3.96. The number of sulfonamides is 1. The molecule has 2 aromatic heterocycles. The fourth-order valence-corrected chi connectivity index (χ4v) is 7.68. The first-order chi connectivity index (χ1) is 21.5. The van der Waals surface area contributed by atoms with Crippen LogP contribution in [0.3, 0.4) is 0 Å². The van der Waals surface area contributed by atoms with E-state index in [4.69, 9.17) is 16.3 Å². The largest absolute Gasteiger partial charge is 0.472 e. The fourth-order valence-electron chi connectivity index (χ4n) is 6.63. The molecule has 4 aromatic rings. The van der Waals surface area contributed by atoms with E-state index < -0.39 is 15.4 Å². The molecule has 45 heavy (non-hydrogen) atoms. The number of nitrogens with one attached hydrogen (secondary N) is 1. The van der Waals surface area contributed by atoms with Gasteiger partial charge in [0.25, 0.3) is 10.0 Å². The molecule has 236 valence electrons. The molecule has 1 aliphatic carbocycles. The Bertz CT molecular complexity index is 1800. The van der Waals surface area contributed by atoms with Crippen molar-refractivity contribution in [3.63, 3.8) is 0 Å². The Labute approximate surface area is 268 Å². The molecular formula is C33H37ClN6O4S. The lowest BCUT2D eigenvalue weighted by molar-refractivity contribution is -0.138. The molecule has 1 saturated heterocycles. The molecule has 0 bridgehead atoms. The average molecular weight is 649 g/mol. The summed E-state index contributed by atoms with van der Waals surface area (Å²) in [5, 5.41) is 4.63. The summed E-state index contributed by atoms with van der Waals surface area (Å²) >= 11 is 6.18. The quantitative estimate of drug-likeness (QED) is 0.255. The molecule has 12 heteroatoms. The first-order valence-corrected chi connectivity index (χ1v) is 17.1. The topological polar surface area (TPSA) is 119 Å². The maximum Gasteiger partial charge on any atom is 0.267 e. The van der Waals surface area contributed by atoms with Gasteiger partial charge in [0.05, 0.1) is 23.9 Å². The minimum atomic E-state index is -4.00. The summed E-state index contributed by atoms with van der Waals surface area (Å²) in [5.41, 5.74) is 3.82. The van der Waals surface area contributed by atoms with Crippen molar-refractivity contribution in [2.45, 2.75) is 68.8 Å². The number of carbonyl (C=O) groups excluding carboxylic acids is 1. The van der Waals surface area contributed by atoms with Gasteiger partial charge in [0, 0.05) is 42.9 Å². The smallest absolute Gasteiger partial charge is 0.267 e. The van der Waals surface area contributed by atoms with Gasteiger partial charge in [0.1, 0.15) is 11.0 Å². The van der Waals surface area contributed by atoms with Gasteiger partial charge in [0.2, 0.25) is 17.7 Å². The van der Waals surface area contributed by atoms with Crippen LogP contribution in [0, 0.1) is 13.8 Å². The van der Waals surface area contributed by atoms with Gasteiger partial charge in [-0.2, -0.15) is 10.1 Å². The molecule has 1 saturated carbocycles. The summed E-state index contributed by atoms with van der Waals surface area (Å²) in [5.74, 6) is 0.249. The molecule has 1 N–H and O–H groups in total. The number of anilines is 1. The van der Waals surface area contributed by atoms with E-state index in [1.54, 1.807) is 13.1 Å². The number of hydrogen-bond acceptors (Lipinski definition) is 7. The third-order valence-electron chi connectivity index (χ3n) is 8.89. The van der Waals surface area contributed by atoms with Crippen molar-refractivity contribution in [1.29, 1.82) is 0 Å². The number of carbonyl (C=O) groups is 1. The molecule has 1 amide bonds. The lowest BCUT2D eigenvalue weighted by atomic mass is 9.68. The summed E-state index contributed by atoms with van der Waals surface area (Å²) in [6.45, 7) is 4.93. The average Bonchev–Trinajstić information content (AvgIpc) is 3.67. The second-order valence-electron chi connectivity index (χ2n) is 12.1.